The van der Waals surface area contributed by atoms with Crippen molar-refractivity contribution in [3.8, 4) is 0 Å². The molecule has 2 aliphatic carbocycles. The zero-order chi connectivity index (χ0) is 18.3. The van der Waals surface area contributed by atoms with Crippen LogP contribution in [0.25, 0.3) is 0 Å². The van der Waals surface area contributed by atoms with Crippen molar-refractivity contribution in [3.63, 3.8) is 0 Å². The molecule has 0 aromatic heterocycles. The highest BCUT2D eigenvalue weighted by Gasteiger charge is 2.50. The highest BCUT2D eigenvalue weighted by Crippen LogP contribution is 2.53. The van der Waals surface area contributed by atoms with Crippen molar-refractivity contribution >= 4 is 32.3 Å². The normalized spacial score (nSPS) is 25.6. The fraction of sp³-hybridized carbons (Fsp3) is 0.600. The monoisotopic (exact) mass is 388 g/mol. The molecular formula is C20H36Si4. The van der Waals surface area contributed by atoms with Gasteiger partial charge in [0.1, 0.15) is 16.1 Å². The summed E-state index contributed by atoms with van der Waals surface area (Å²) >= 11 is 0. The number of hydrogen-bond donors (Lipinski definition) is 0. The number of rotatable bonds is 2. The SMILES string of the molecule is C[Si](C)(C)C1=CC2=C(C1)[Si](C)(C)C1=C(C=C([Si](C)(C)C)C1)[Si]2(C)C. The lowest BCUT2D eigenvalue weighted by molar-refractivity contribution is 1.23. The van der Waals surface area contributed by atoms with Crippen LogP contribution in [-0.4, -0.2) is 32.3 Å². The van der Waals surface area contributed by atoms with Gasteiger partial charge in [-0.15, -0.1) is 0 Å². The largest absolute Gasteiger partial charge is 0.111 e. The predicted molar refractivity (Wildman–Crippen MR) is 121 cm³/mol. The third-order valence-electron chi connectivity index (χ3n) is 6.80. The molecule has 0 aromatic rings. The van der Waals surface area contributed by atoms with Crippen LogP contribution in [0.4, 0.5) is 0 Å². The fourth-order valence-electron chi connectivity index (χ4n) is 4.72. The summed E-state index contributed by atoms with van der Waals surface area (Å²) in [5.74, 6) is 0. The van der Waals surface area contributed by atoms with Crippen molar-refractivity contribution in [1.82, 2.24) is 0 Å². The maximum atomic E-state index is 2.71. The summed E-state index contributed by atoms with van der Waals surface area (Å²) < 4.78 is 0. The van der Waals surface area contributed by atoms with Gasteiger partial charge in [-0.2, -0.15) is 0 Å². The van der Waals surface area contributed by atoms with Gasteiger partial charge in [0, 0.05) is 0 Å². The molecule has 0 saturated heterocycles. The van der Waals surface area contributed by atoms with Crippen LogP contribution in [0.3, 0.4) is 0 Å². The molecule has 132 valence electrons. The first kappa shape index (κ1) is 18.6. The number of allylic oxidation sites excluding steroid dienone is 8. The van der Waals surface area contributed by atoms with Crippen molar-refractivity contribution in [2.24, 2.45) is 0 Å². The van der Waals surface area contributed by atoms with Gasteiger partial charge in [0.2, 0.25) is 0 Å². The van der Waals surface area contributed by atoms with Gasteiger partial charge in [-0.25, -0.2) is 0 Å². The van der Waals surface area contributed by atoms with E-state index in [0.717, 1.165) is 0 Å². The van der Waals surface area contributed by atoms with Gasteiger partial charge in [-0.3, -0.25) is 0 Å². The van der Waals surface area contributed by atoms with E-state index in [9.17, 15) is 0 Å². The molecule has 0 fully saturated rings. The molecule has 1 aliphatic heterocycles. The molecule has 4 heteroatoms. The van der Waals surface area contributed by atoms with E-state index in [1.165, 1.54) is 12.8 Å². The predicted octanol–water partition coefficient (Wildman–Crippen LogP) is 6.58. The molecule has 0 saturated carbocycles. The van der Waals surface area contributed by atoms with Gasteiger partial charge in [0.25, 0.3) is 0 Å². The molecule has 0 amide bonds. The van der Waals surface area contributed by atoms with E-state index in [1.807, 2.05) is 31.2 Å². The molecule has 1 heterocycles. The Morgan fingerprint density at radius 2 is 0.958 bits per heavy atom. The quantitative estimate of drug-likeness (QED) is 0.468. The average Bonchev–Trinajstić information content (AvgIpc) is 3.02. The van der Waals surface area contributed by atoms with Crippen LogP contribution in [-0.2, 0) is 0 Å². The molecule has 0 radical (unpaired) electrons. The van der Waals surface area contributed by atoms with E-state index >= 15 is 0 Å². The third-order valence-corrected chi connectivity index (χ3v) is 19.3. The van der Waals surface area contributed by atoms with Gasteiger partial charge in [0.15, 0.2) is 0 Å². The Bertz CT molecular complexity index is 669. The molecule has 0 bridgehead atoms. The van der Waals surface area contributed by atoms with Crippen LogP contribution >= 0.6 is 0 Å². The Hall–Kier alpha value is -0.172. The molecule has 0 aromatic carbocycles. The van der Waals surface area contributed by atoms with E-state index < -0.39 is 32.3 Å². The summed E-state index contributed by atoms with van der Waals surface area (Å²) in [6.45, 7) is 25.8. The average molecular weight is 389 g/mol. The van der Waals surface area contributed by atoms with E-state index in [-0.39, 0.29) is 0 Å². The topological polar surface area (TPSA) is 0 Å². The Balaban J connectivity index is 2.11. The maximum absolute atomic E-state index is 2.71. The Kier molecular flexibility index (Phi) is 4.02. The molecular weight excluding hydrogens is 353 g/mol. The molecule has 0 spiro atoms. The molecule has 0 N–H and O–H groups in total. The maximum Gasteiger partial charge on any atom is 0.111 e. The van der Waals surface area contributed by atoms with Crippen molar-refractivity contribution in [3.05, 3.63) is 43.3 Å². The van der Waals surface area contributed by atoms with Crippen LogP contribution in [0.1, 0.15) is 12.8 Å². The third kappa shape index (κ3) is 2.65. The minimum absolute atomic E-state index is 1.18. The van der Waals surface area contributed by atoms with Crippen molar-refractivity contribution in [2.75, 3.05) is 0 Å². The highest BCUT2D eigenvalue weighted by molar-refractivity contribution is 7.03. The van der Waals surface area contributed by atoms with Crippen LogP contribution < -0.4 is 0 Å². The smallest absolute Gasteiger partial charge is 0.0776 e. The molecule has 3 rings (SSSR count). The first-order valence-corrected chi connectivity index (χ1v) is 22.6. The zero-order valence-corrected chi connectivity index (χ0v) is 21.6. The van der Waals surface area contributed by atoms with Crippen LogP contribution in [0.2, 0.25) is 65.5 Å². The van der Waals surface area contributed by atoms with Crippen LogP contribution in [0, 0.1) is 0 Å². The Labute approximate surface area is 153 Å². The van der Waals surface area contributed by atoms with Crippen LogP contribution in [0.15, 0.2) is 43.3 Å². The summed E-state index contributed by atoms with van der Waals surface area (Å²) in [5.41, 5.74) is 0. The second kappa shape index (κ2) is 5.18. The zero-order valence-electron chi connectivity index (χ0n) is 17.6. The lowest BCUT2D eigenvalue weighted by Crippen LogP contribution is -2.45. The Morgan fingerprint density at radius 3 is 1.25 bits per heavy atom. The molecule has 0 nitrogen and oxygen atoms in total. The first-order valence-electron chi connectivity index (χ1n) is 9.57. The van der Waals surface area contributed by atoms with E-state index in [1.54, 1.807) is 0 Å². The number of hydrogen-bond acceptors (Lipinski definition) is 0. The Morgan fingerprint density at radius 1 is 0.625 bits per heavy atom. The lowest BCUT2D eigenvalue weighted by atomic mass is 10.4. The van der Waals surface area contributed by atoms with E-state index in [0.29, 0.717) is 0 Å². The minimum Gasteiger partial charge on any atom is -0.0776 e. The van der Waals surface area contributed by atoms with Gasteiger partial charge in [-0.05, 0) is 12.8 Å². The molecule has 24 heavy (non-hydrogen) atoms. The molecule has 3 aliphatic rings. The first-order chi connectivity index (χ1) is 10.7. The summed E-state index contributed by atoms with van der Waals surface area (Å²) in [4.78, 5) is 0. The van der Waals surface area contributed by atoms with Gasteiger partial charge < -0.3 is 0 Å². The summed E-state index contributed by atoms with van der Waals surface area (Å²) in [6.07, 6.45) is 8.10. The summed E-state index contributed by atoms with van der Waals surface area (Å²) in [7, 11) is -5.30. The second-order valence-corrected chi connectivity index (χ2v) is 30.3. The highest BCUT2D eigenvalue weighted by atomic mass is 28.3. The van der Waals surface area contributed by atoms with Gasteiger partial charge >= 0.3 is 0 Å². The van der Waals surface area contributed by atoms with Gasteiger partial charge in [0.05, 0.1) is 16.1 Å². The van der Waals surface area contributed by atoms with E-state index in [2.05, 4.69) is 77.6 Å². The molecule has 0 atom stereocenters. The fourth-order valence-corrected chi connectivity index (χ4v) is 17.8. The van der Waals surface area contributed by atoms with Crippen molar-refractivity contribution < 1.29 is 0 Å². The van der Waals surface area contributed by atoms with Crippen LogP contribution in [0.5, 0.6) is 0 Å². The standard InChI is InChI=1S/C20H36Si4/c1-21(2,3)15-11-17-18(12-15)24(9,10)20-14-16(22(4,5)6)13-19(20)23(17,7)8/h11,13H,12,14H2,1-10H3. The minimum atomic E-state index is -1.49. The summed E-state index contributed by atoms with van der Waals surface area (Å²) in [6, 6.07) is 0. The van der Waals surface area contributed by atoms with Crippen molar-refractivity contribution in [1.29, 1.82) is 0 Å². The van der Waals surface area contributed by atoms with Crippen molar-refractivity contribution in [2.45, 2.75) is 78.3 Å². The van der Waals surface area contributed by atoms with Gasteiger partial charge in [-0.1, -0.05) is 109 Å². The summed E-state index contributed by atoms with van der Waals surface area (Å²) in [5, 5.41) is 11.2. The second-order valence-electron chi connectivity index (χ2n) is 11.2. The van der Waals surface area contributed by atoms with E-state index in [4.69, 9.17) is 0 Å². The molecule has 0 unspecified atom stereocenters. The lowest BCUT2D eigenvalue weighted by Gasteiger charge is -2.41.